The molecule has 11 heavy (non-hydrogen) atoms. The molecule has 0 amide bonds. The van der Waals surface area contributed by atoms with Crippen LogP contribution in [0.25, 0.3) is 0 Å². The molecule has 0 saturated carbocycles. The fourth-order valence-corrected chi connectivity index (χ4v) is 0.925. The maximum absolute atomic E-state index is 5.61. The van der Waals surface area contributed by atoms with Gasteiger partial charge in [0.2, 0.25) is 0 Å². The second-order valence-corrected chi connectivity index (χ2v) is 3.05. The first kappa shape index (κ1) is 8.27. The van der Waals surface area contributed by atoms with E-state index in [-0.39, 0.29) is 6.04 Å². The summed E-state index contributed by atoms with van der Waals surface area (Å²) in [5.74, 6) is 0. The van der Waals surface area contributed by atoms with Gasteiger partial charge in [-0.2, -0.15) is 5.10 Å². The van der Waals surface area contributed by atoms with Crippen LogP contribution in [0, 0.1) is 6.92 Å². The molecule has 0 radical (unpaired) electrons. The van der Waals surface area contributed by atoms with Gasteiger partial charge in [0.05, 0.1) is 6.20 Å². The van der Waals surface area contributed by atoms with E-state index in [0.29, 0.717) is 0 Å². The number of nitrogens with two attached hydrogens (primary N) is 1. The van der Waals surface area contributed by atoms with Crippen LogP contribution >= 0.6 is 0 Å². The first-order chi connectivity index (χ1) is 5.18. The molecule has 0 fully saturated rings. The van der Waals surface area contributed by atoms with Gasteiger partial charge in [-0.3, -0.25) is 4.68 Å². The third kappa shape index (κ3) is 2.72. The minimum atomic E-state index is 0.263. The molecule has 1 aromatic heterocycles. The zero-order chi connectivity index (χ0) is 8.27. The minimum absolute atomic E-state index is 0.263. The van der Waals surface area contributed by atoms with E-state index in [1.165, 1.54) is 5.56 Å². The van der Waals surface area contributed by atoms with Crippen LogP contribution < -0.4 is 5.73 Å². The van der Waals surface area contributed by atoms with Gasteiger partial charge < -0.3 is 5.73 Å². The molecular weight excluding hydrogens is 138 g/mol. The molecule has 62 valence electrons. The summed E-state index contributed by atoms with van der Waals surface area (Å²) < 4.78 is 1.93. The molecule has 0 saturated heterocycles. The highest BCUT2D eigenvalue weighted by Crippen LogP contribution is 1.96. The van der Waals surface area contributed by atoms with Gasteiger partial charge in [-0.1, -0.05) is 0 Å². The lowest BCUT2D eigenvalue weighted by Crippen LogP contribution is -2.17. The highest BCUT2D eigenvalue weighted by Gasteiger charge is 1.96. The summed E-state index contributed by atoms with van der Waals surface area (Å²) in [7, 11) is 0. The maximum atomic E-state index is 5.61. The van der Waals surface area contributed by atoms with Crippen LogP contribution in [0.3, 0.4) is 0 Å². The Morgan fingerprint density at radius 1 is 1.73 bits per heavy atom. The Balaban J connectivity index is 2.39. The molecule has 1 heterocycles. The summed E-state index contributed by atoms with van der Waals surface area (Å²) in [6.07, 6.45) is 4.88. The van der Waals surface area contributed by atoms with Crippen LogP contribution in [-0.4, -0.2) is 15.8 Å². The van der Waals surface area contributed by atoms with Crippen LogP contribution in [0.5, 0.6) is 0 Å². The van der Waals surface area contributed by atoms with Crippen molar-refractivity contribution in [2.24, 2.45) is 5.73 Å². The van der Waals surface area contributed by atoms with Gasteiger partial charge in [0, 0.05) is 18.8 Å². The molecule has 0 aliphatic carbocycles. The quantitative estimate of drug-likeness (QED) is 0.702. The van der Waals surface area contributed by atoms with Crippen molar-refractivity contribution in [2.45, 2.75) is 32.9 Å². The molecule has 2 N–H and O–H groups in total. The van der Waals surface area contributed by atoms with Gasteiger partial charge in [0.25, 0.3) is 0 Å². The summed E-state index contributed by atoms with van der Waals surface area (Å²) in [6.45, 7) is 4.97. The second-order valence-electron chi connectivity index (χ2n) is 3.05. The van der Waals surface area contributed by atoms with E-state index in [1.54, 1.807) is 0 Å². The molecule has 0 aromatic carbocycles. The SMILES string of the molecule is Cc1cnn(CCC(C)N)c1. The van der Waals surface area contributed by atoms with E-state index in [4.69, 9.17) is 5.73 Å². The van der Waals surface area contributed by atoms with E-state index < -0.39 is 0 Å². The summed E-state index contributed by atoms with van der Waals surface area (Å²) in [6, 6.07) is 0.263. The number of hydrogen-bond donors (Lipinski definition) is 1. The molecule has 0 bridgehead atoms. The summed E-state index contributed by atoms with van der Waals surface area (Å²) in [4.78, 5) is 0. The van der Waals surface area contributed by atoms with E-state index >= 15 is 0 Å². The smallest absolute Gasteiger partial charge is 0.0518 e. The number of aromatic nitrogens is 2. The standard InChI is InChI=1S/C8H15N3/c1-7-5-10-11(6-7)4-3-8(2)9/h5-6,8H,3-4,9H2,1-2H3. The largest absolute Gasteiger partial charge is 0.328 e. The molecule has 0 aliphatic heterocycles. The number of hydrogen-bond acceptors (Lipinski definition) is 2. The Bertz CT molecular complexity index is 215. The molecule has 1 unspecified atom stereocenters. The molecule has 0 aliphatic rings. The maximum Gasteiger partial charge on any atom is 0.0518 e. The van der Waals surface area contributed by atoms with Crippen molar-refractivity contribution in [1.82, 2.24) is 9.78 Å². The highest BCUT2D eigenvalue weighted by molar-refractivity contribution is 4.99. The van der Waals surface area contributed by atoms with Gasteiger partial charge in [-0.15, -0.1) is 0 Å². The fourth-order valence-electron chi connectivity index (χ4n) is 0.925. The normalized spacial score (nSPS) is 13.4. The predicted molar refractivity (Wildman–Crippen MR) is 45.2 cm³/mol. The number of aryl methyl sites for hydroxylation is 2. The lowest BCUT2D eigenvalue weighted by atomic mass is 10.2. The molecule has 3 nitrogen and oxygen atoms in total. The molecule has 1 rings (SSSR count). The van der Waals surface area contributed by atoms with Crippen LogP contribution in [0.15, 0.2) is 12.4 Å². The average molecular weight is 153 g/mol. The Morgan fingerprint density at radius 2 is 2.45 bits per heavy atom. The zero-order valence-electron chi connectivity index (χ0n) is 7.12. The Hall–Kier alpha value is -0.830. The van der Waals surface area contributed by atoms with Gasteiger partial charge in [-0.05, 0) is 25.8 Å². The Morgan fingerprint density at radius 3 is 2.91 bits per heavy atom. The van der Waals surface area contributed by atoms with Crippen molar-refractivity contribution in [3.05, 3.63) is 18.0 Å². The highest BCUT2D eigenvalue weighted by atomic mass is 15.3. The second kappa shape index (κ2) is 3.53. The van der Waals surface area contributed by atoms with Crippen molar-refractivity contribution < 1.29 is 0 Å². The van der Waals surface area contributed by atoms with Crippen LogP contribution in [-0.2, 0) is 6.54 Å². The third-order valence-electron chi connectivity index (χ3n) is 1.58. The minimum Gasteiger partial charge on any atom is -0.328 e. The van der Waals surface area contributed by atoms with Gasteiger partial charge in [0.15, 0.2) is 0 Å². The predicted octanol–water partition coefficient (Wildman–Crippen LogP) is 0.929. The van der Waals surface area contributed by atoms with E-state index in [1.807, 2.05) is 30.9 Å². The molecule has 0 spiro atoms. The third-order valence-corrected chi connectivity index (χ3v) is 1.58. The number of rotatable bonds is 3. The fraction of sp³-hybridized carbons (Fsp3) is 0.625. The van der Waals surface area contributed by atoms with E-state index in [0.717, 1.165) is 13.0 Å². The van der Waals surface area contributed by atoms with Crippen molar-refractivity contribution in [3.8, 4) is 0 Å². The summed E-state index contributed by atoms with van der Waals surface area (Å²) in [5.41, 5.74) is 6.81. The molecular formula is C8H15N3. The van der Waals surface area contributed by atoms with Gasteiger partial charge in [-0.25, -0.2) is 0 Å². The molecule has 1 atom stereocenters. The van der Waals surface area contributed by atoms with Crippen LogP contribution in [0.1, 0.15) is 18.9 Å². The van der Waals surface area contributed by atoms with E-state index in [9.17, 15) is 0 Å². The summed E-state index contributed by atoms with van der Waals surface area (Å²) >= 11 is 0. The topological polar surface area (TPSA) is 43.8 Å². The number of nitrogens with zero attached hydrogens (tertiary/aromatic N) is 2. The summed E-state index contributed by atoms with van der Waals surface area (Å²) in [5, 5.41) is 4.15. The van der Waals surface area contributed by atoms with Crippen LogP contribution in [0.4, 0.5) is 0 Å². The van der Waals surface area contributed by atoms with Crippen LogP contribution in [0.2, 0.25) is 0 Å². The molecule has 3 heteroatoms. The lowest BCUT2D eigenvalue weighted by molar-refractivity contribution is 0.530. The monoisotopic (exact) mass is 153 g/mol. The lowest BCUT2D eigenvalue weighted by Gasteiger charge is -2.03. The Kier molecular flexibility index (Phi) is 2.65. The van der Waals surface area contributed by atoms with E-state index in [2.05, 4.69) is 5.10 Å². The van der Waals surface area contributed by atoms with Crippen molar-refractivity contribution >= 4 is 0 Å². The first-order valence-electron chi connectivity index (χ1n) is 3.93. The van der Waals surface area contributed by atoms with Gasteiger partial charge in [0.1, 0.15) is 0 Å². The molecule has 1 aromatic rings. The van der Waals surface area contributed by atoms with Crippen molar-refractivity contribution in [1.29, 1.82) is 0 Å². The zero-order valence-corrected chi connectivity index (χ0v) is 7.12. The van der Waals surface area contributed by atoms with Crippen molar-refractivity contribution in [2.75, 3.05) is 0 Å². The Labute approximate surface area is 67.2 Å². The van der Waals surface area contributed by atoms with Crippen molar-refractivity contribution in [3.63, 3.8) is 0 Å². The van der Waals surface area contributed by atoms with Gasteiger partial charge >= 0.3 is 0 Å². The first-order valence-corrected chi connectivity index (χ1v) is 3.93. The average Bonchev–Trinajstić information content (AvgIpc) is 2.31.